The molecule has 0 radical (unpaired) electrons. The van der Waals surface area contributed by atoms with Crippen LogP contribution in [-0.2, 0) is 0 Å². The molecule has 0 amide bonds. The molecule has 102 valence electrons. The van der Waals surface area contributed by atoms with E-state index in [2.05, 4.69) is 0 Å². The molecule has 0 saturated heterocycles. The molecule has 0 aromatic heterocycles. The van der Waals surface area contributed by atoms with Crippen LogP contribution in [-0.4, -0.2) is 17.4 Å². The van der Waals surface area contributed by atoms with E-state index in [0.29, 0.717) is 5.75 Å². The van der Waals surface area contributed by atoms with E-state index in [4.69, 9.17) is 19.4 Å². The smallest absolute Gasteiger partial charge is 0.512 e. The summed E-state index contributed by atoms with van der Waals surface area (Å²) in [5, 5.41) is 20.0. The molecule has 4 nitrogen and oxygen atoms in total. The molecule has 1 aliphatic heterocycles. The minimum absolute atomic E-state index is 0.378. The van der Waals surface area contributed by atoms with Crippen LogP contribution in [0.3, 0.4) is 0 Å². The third-order valence-electron chi connectivity index (χ3n) is 3.57. The molecule has 0 bridgehead atoms. The van der Waals surface area contributed by atoms with Gasteiger partial charge in [0.05, 0.1) is 0 Å². The number of fused-ring (bicyclic) bond motifs is 2. The highest BCUT2D eigenvalue weighted by molar-refractivity contribution is 6.33. The monoisotopic (exact) mass is 278 g/mol. The molecule has 0 aliphatic carbocycles. The molecule has 4 rings (SSSR count). The maximum atomic E-state index is 8.92. The van der Waals surface area contributed by atoms with Gasteiger partial charge in [-0.15, -0.1) is 0 Å². The van der Waals surface area contributed by atoms with Gasteiger partial charge >= 0.3 is 7.32 Å². The lowest BCUT2D eigenvalue weighted by Crippen LogP contribution is -2.20. The Kier molecular flexibility index (Phi) is 2.64. The van der Waals surface area contributed by atoms with Crippen LogP contribution in [0.25, 0.3) is 21.9 Å². The Morgan fingerprint density at radius 2 is 1.67 bits per heavy atom. The Balaban J connectivity index is 1.96. The van der Waals surface area contributed by atoms with Gasteiger partial charge in [-0.1, -0.05) is 30.3 Å². The Bertz CT molecular complexity index is 840. The van der Waals surface area contributed by atoms with Crippen LogP contribution in [0.4, 0.5) is 0 Å². The van der Waals surface area contributed by atoms with Crippen molar-refractivity contribution < 1.29 is 19.4 Å². The van der Waals surface area contributed by atoms with Crippen LogP contribution in [0.5, 0.6) is 17.2 Å². The van der Waals surface area contributed by atoms with Crippen molar-refractivity contribution in [3.05, 3.63) is 54.6 Å². The van der Waals surface area contributed by atoms with Gasteiger partial charge in [0.25, 0.3) is 0 Å². The summed E-state index contributed by atoms with van der Waals surface area (Å²) in [6.45, 7) is 0. The topological polar surface area (TPSA) is 58.9 Å². The Morgan fingerprint density at radius 3 is 2.48 bits per heavy atom. The van der Waals surface area contributed by atoms with Crippen molar-refractivity contribution >= 4 is 18.1 Å². The lowest BCUT2D eigenvalue weighted by molar-refractivity contribution is 0.288. The Morgan fingerprint density at radius 1 is 0.857 bits per heavy atom. The average Bonchev–Trinajstić information content (AvgIpc) is 2.48. The van der Waals surface area contributed by atoms with E-state index < -0.39 is 7.32 Å². The first-order chi connectivity index (χ1) is 10.2. The third kappa shape index (κ3) is 1.95. The number of hydrogen-bond donors (Lipinski definition) is 2. The summed E-state index contributed by atoms with van der Waals surface area (Å²) in [6, 6.07) is 17.1. The Labute approximate surface area is 121 Å². The minimum atomic E-state index is -1.84. The molecule has 3 aromatic carbocycles. The lowest BCUT2D eigenvalue weighted by atomic mass is 9.94. The summed E-state index contributed by atoms with van der Waals surface area (Å²) < 4.78 is 10.8. The van der Waals surface area contributed by atoms with Gasteiger partial charge in [0, 0.05) is 10.9 Å². The van der Waals surface area contributed by atoms with Gasteiger partial charge in [-0.3, -0.25) is 0 Å². The number of hydrogen-bond acceptors (Lipinski definition) is 4. The van der Waals surface area contributed by atoms with Gasteiger partial charge in [0.15, 0.2) is 0 Å². The lowest BCUT2D eigenvalue weighted by Gasteiger charge is -2.21. The fourth-order valence-electron chi connectivity index (χ4n) is 2.74. The zero-order valence-corrected chi connectivity index (χ0v) is 11.0. The van der Waals surface area contributed by atoms with Crippen LogP contribution in [0, 0.1) is 0 Å². The summed E-state index contributed by atoms with van der Waals surface area (Å²) in [4.78, 5) is 0. The number of rotatable bonds is 2. The van der Waals surface area contributed by atoms with Gasteiger partial charge < -0.3 is 19.4 Å². The summed E-state index contributed by atoms with van der Waals surface area (Å²) >= 11 is 0. The van der Waals surface area contributed by atoms with Gasteiger partial charge in [-0.25, -0.2) is 0 Å². The van der Waals surface area contributed by atoms with E-state index >= 15 is 0 Å². The van der Waals surface area contributed by atoms with Crippen LogP contribution in [0.1, 0.15) is 0 Å². The molecule has 21 heavy (non-hydrogen) atoms. The molecule has 1 aliphatic rings. The van der Waals surface area contributed by atoms with Crippen molar-refractivity contribution in [2.45, 2.75) is 0 Å². The van der Waals surface area contributed by atoms with Gasteiger partial charge in [-0.05, 0) is 35.2 Å². The van der Waals surface area contributed by atoms with Crippen molar-refractivity contribution in [2.24, 2.45) is 0 Å². The fraction of sp³-hybridized carbons (Fsp3) is 0. The third-order valence-corrected chi connectivity index (χ3v) is 3.57. The largest absolute Gasteiger partial charge is 0.707 e. The first kappa shape index (κ1) is 12.3. The normalized spacial score (nSPS) is 11.7. The second-order valence-corrected chi connectivity index (χ2v) is 4.86. The fourth-order valence-corrected chi connectivity index (χ4v) is 2.74. The van der Waals surface area contributed by atoms with Crippen LogP contribution < -0.4 is 9.39 Å². The number of benzene rings is 3. The summed E-state index contributed by atoms with van der Waals surface area (Å²) in [6.07, 6.45) is 0. The quantitative estimate of drug-likeness (QED) is 0.553. The predicted molar refractivity (Wildman–Crippen MR) is 80.3 cm³/mol. The highest BCUT2D eigenvalue weighted by Gasteiger charge is 2.21. The maximum absolute atomic E-state index is 8.92. The summed E-state index contributed by atoms with van der Waals surface area (Å²) in [5.74, 6) is 1.93. The second-order valence-electron chi connectivity index (χ2n) is 4.86. The molecule has 3 aromatic rings. The standard InChI is InChI=1S/C16H11BO4/c18-17(19)21-11-7-8-14-13(9-11)12-5-1-3-10-4-2-6-15(20-14)16(10)12/h1-9,18-19H. The zero-order chi connectivity index (χ0) is 14.4. The molecule has 0 saturated carbocycles. The van der Waals surface area contributed by atoms with Crippen LogP contribution in [0.2, 0.25) is 0 Å². The highest BCUT2D eigenvalue weighted by Crippen LogP contribution is 2.47. The first-order valence-corrected chi connectivity index (χ1v) is 6.59. The molecule has 5 heteroatoms. The predicted octanol–water partition coefficient (Wildman–Crippen LogP) is 2.96. The van der Waals surface area contributed by atoms with E-state index in [1.54, 1.807) is 18.2 Å². The van der Waals surface area contributed by atoms with Crippen LogP contribution in [0.15, 0.2) is 54.6 Å². The molecule has 0 unspecified atom stereocenters. The second kappa shape index (κ2) is 4.51. The zero-order valence-electron chi connectivity index (χ0n) is 11.0. The molecule has 2 N–H and O–H groups in total. The molecular formula is C16H11BO4. The molecule has 0 spiro atoms. The SMILES string of the molecule is OB(O)Oc1ccc2c(c1)-c1cccc3cccc(c13)O2. The van der Waals surface area contributed by atoms with Gasteiger partial charge in [0.1, 0.15) is 17.2 Å². The maximum Gasteiger partial charge on any atom is 0.707 e. The first-order valence-electron chi connectivity index (χ1n) is 6.59. The molecule has 0 fully saturated rings. The van der Waals surface area contributed by atoms with Crippen molar-refractivity contribution in [1.29, 1.82) is 0 Å². The van der Waals surface area contributed by atoms with E-state index in [9.17, 15) is 0 Å². The van der Waals surface area contributed by atoms with Gasteiger partial charge in [-0.2, -0.15) is 0 Å². The Hall–Kier alpha value is -2.50. The summed E-state index contributed by atoms with van der Waals surface area (Å²) in [5.41, 5.74) is 1.92. The average molecular weight is 278 g/mol. The van der Waals surface area contributed by atoms with E-state index in [0.717, 1.165) is 33.4 Å². The highest BCUT2D eigenvalue weighted by atomic mass is 16.6. The van der Waals surface area contributed by atoms with Crippen LogP contribution >= 0.6 is 0 Å². The van der Waals surface area contributed by atoms with E-state index in [1.165, 1.54) is 0 Å². The minimum Gasteiger partial charge on any atom is -0.512 e. The van der Waals surface area contributed by atoms with E-state index in [-0.39, 0.29) is 0 Å². The van der Waals surface area contributed by atoms with Crippen molar-refractivity contribution in [3.63, 3.8) is 0 Å². The number of ether oxygens (including phenoxy) is 1. The molecule has 1 heterocycles. The summed E-state index contributed by atoms with van der Waals surface area (Å²) in [7, 11) is -1.84. The van der Waals surface area contributed by atoms with E-state index in [1.807, 2.05) is 36.4 Å². The van der Waals surface area contributed by atoms with Crippen molar-refractivity contribution in [1.82, 2.24) is 0 Å². The molecule has 0 atom stereocenters. The van der Waals surface area contributed by atoms with Gasteiger partial charge in [0.2, 0.25) is 0 Å². The van der Waals surface area contributed by atoms with Crippen molar-refractivity contribution in [2.75, 3.05) is 0 Å². The molecular weight excluding hydrogens is 267 g/mol. The van der Waals surface area contributed by atoms with Crippen molar-refractivity contribution in [3.8, 4) is 28.4 Å².